The Kier molecular flexibility index (Phi) is 7.77. The smallest absolute Gasteiger partial charge is 0.140 e. The largest absolute Gasteiger partial charge is 0.456 e. The summed E-state index contributed by atoms with van der Waals surface area (Å²) >= 11 is 0. The van der Waals surface area contributed by atoms with E-state index >= 15 is 0 Å². The summed E-state index contributed by atoms with van der Waals surface area (Å²) in [5, 5.41) is 6.78. The number of anilines is 3. The van der Waals surface area contributed by atoms with Crippen LogP contribution in [-0.4, -0.2) is 0 Å². The highest BCUT2D eigenvalue weighted by atomic mass is 16.5. The van der Waals surface area contributed by atoms with Crippen LogP contribution in [0.3, 0.4) is 0 Å². The second-order valence-electron chi connectivity index (χ2n) is 19.5. The Labute approximate surface area is 400 Å². The Balaban J connectivity index is 0.912. The van der Waals surface area contributed by atoms with Crippen LogP contribution in [0.4, 0.5) is 17.1 Å². The lowest BCUT2D eigenvalue weighted by Crippen LogP contribution is -2.32. The van der Waals surface area contributed by atoms with Gasteiger partial charge in [0.2, 0.25) is 0 Å². The summed E-state index contributed by atoms with van der Waals surface area (Å²) in [7, 11) is 0. The molecule has 0 unspecified atom stereocenters. The van der Waals surface area contributed by atoms with Gasteiger partial charge in [-0.05, 0) is 121 Å². The molecule has 0 fully saturated rings. The SMILES string of the molecule is CC1(C)c2ccccc2-c2ccc(N(c3ccc(-c4ccc5c(c4)C4(c6ccccc6-5)c5ccc6ccccc6c5Oc5c4ccc4ccccc54)cc3)c3ccc4oc5ccccc5c4c3)cc21. The van der Waals surface area contributed by atoms with Crippen molar-refractivity contribution in [2.45, 2.75) is 24.7 Å². The van der Waals surface area contributed by atoms with Crippen LogP contribution in [-0.2, 0) is 10.8 Å². The van der Waals surface area contributed by atoms with Gasteiger partial charge in [-0.3, -0.25) is 0 Å². The summed E-state index contributed by atoms with van der Waals surface area (Å²) < 4.78 is 13.6. The first-order valence-corrected chi connectivity index (χ1v) is 24.0. The molecule has 0 saturated carbocycles. The van der Waals surface area contributed by atoms with Gasteiger partial charge >= 0.3 is 0 Å². The summed E-state index contributed by atoms with van der Waals surface area (Å²) in [6.07, 6.45) is 0. The molecule has 1 aliphatic heterocycles. The van der Waals surface area contributed by atoms with E-state index in [1.165, 1.54) is 61.2 Å². The molecule has 0 N–H and O–H groups in total. The molecule has 0 atom stereocenters. The van der Waals surface area contributed by atoms with Gasteiger partial charge in [0.05, 0.1) is 5.41 Å². The van der Waals surface area contributed by atoms with Crippen LogP contribution in [0.5, 0.6) is 11.5 Å². The topological polar surface area (TPSA) is 25.6 Å². The zero-order valence-corrected chi connectivity index (χ0v) is 38.1. The monoisotopic (exact) mass is 881 g/mol. The first-order valence-electron chi connectivity index (χ1n) is 24.0. The van der Waals surface area contributed by atoms with Crippen LogP contribution < -0.4 is 9.64 Å². The predicted molar refractivity (Wildman–Crippen MR) is 284 cm³/mol. The number of furan rings is 1. The van der Waals surface area contributed by atoms with Crippen LogP contribution in [0.25, 0.3) is 76.9 Å². The third kappa shape index (κ3) is 5.22. The van der Waals surface area contributed by atoms with Crippen molar-refractivity contribution in [3.63, 3.8) is 0 Å². The molecule has 3 aliphatic rings. The van der Waals surface area contributed by atoms with E-state index in [1.807, 2.05) is 6.07 Å². The van der Waals surface area contributed by atoms with Crippen molar-refractivity contribution in [1.82, 2.24) is 0 Å². The first-order chi connectivity index (χ1) is 33.9. The van der Waals surface area contributed by atoms with E-state index in [9.17, 15) is 0 Å². The van der Waals surface area contributed by atoms with Crippen molar-refractivity contribution in [1.29, 1.82) is 0 Å². The molecule has 0 saturated heterocycles. The molecule has 1 aromatic heterocycles. The fourth-order valence-corrected chi connectivity index (χ4v) is 12.5. The van der Waals surface area contributed by atoms with Gasteiger partial charge in [-0.1, -0.05) is 184 Å². The highest BCUT2D eigenvalue weighted by Gasteiger charge is 2.52. The second kappa shape index (κ2) is 13.9. The van der Waals surface area contributed by atoms with E-state index in [0.717, 1.165) is 77.6 Å². The zero-order chi connectivity index (χ0) is 45.6. The number of para-hydroxylation sites is 1. The number of hydrogen-bond acceptors (Lipinski definition) is 3. The van der Waals surface area contributed by atoms with Crippen LogP contribution >= 0.6 is 0 Å². The zero-order valence-electron chi connectivity index (χ0n) is 38.1. The van der Waals surface area contributed by atoms with Gasteiger partial charge < -0.3 is 14.1 Å². The maximum absolute atomic E-state index is 7.23. The fourth-order valence-electron chi connectivity index (χ4n) is 12.5. The van der Waals surface area contributed by atoms with Crippen LogP contribution in [0.2, 0.25) is 0 Å². The van der Waals surface area contributed by atoms with Crippen molar-refractivity contribution in [2.75, 3.05) is 4.90 Å². The minimum absolute atomic E-state index is 0.140. The van der Waals surface area contributed by atoms with Crippen molar-refractivity contribution in [2.24, 2.45) is 0 Å². The summed E-state index contributed by atoms with van der Waals surface area (Å²) in [5.74, 6) is 1.85. The lowest BCUT2D eigenvalue weighted by atomic mass is 9.65. The van der Waals surface area contributed by atoms with Crippen molar-refractivity contribution < 1.29 is 9.15 Å². The summed E-state index contributed by atoms with van der Waals surface area (Å²) in [6.45, 7) is 4.71. The highest BCUT2D eigenvalue weighted by molar-refractivity contribution is 6.07. The molecule has 3 nitrogen and oxygen atoms in total. The molecule has 12 aromatic rings. The molecule has 1 spiro atoms. The van der Waals surface area contributed by atoms with Crippen molar-refractivity contribution >= 4 is 60.5 Å². The molecule has 0 bridgehead atoms. The van der Waals surface area contributed by atoms with Crippen molar-refractivity contribution in [3.8, 4) is 44.9 Å². The Morgan fingerprint density at radius 2 is 0.855 bits per heavy atom. The molecular weight excluding hydrogens is 839 g/mol. The predicted octanol–water partition coefficient (Wildman–Crippen LogP) is 17.8. The fraction of sp³-hybridized carbons (Fsp3) is 0.0606. The Bertz CT molecular complexity index is 4070. The van der Waals surface area contributed by atoms with Gasteiger partial charge in [-0.15, -0.1) is 0 Å². The third-order valence-corrected chi connectivity index (χ3v) is 15.7. The van der Waals surface area contributed by atoms with Gasteiger partial charge in [0.1, 0.15) is 22.7 Å². The summed E-state index contributed by atoms with van der Waals surface area (Å²) in [5.41, 5.74) is 19.3. The highest BCUT2D eigenvalue weighted by Crippen LogP contribution is 2.64. The molecule has 2 aliphatic carbocycles. The standard InChI is InChI=1S/C66H43NO2/c1-65(2)55-20-10-7-17-49(55)51-33-30-46(39-59(51)65)67(45-31-36-62-54(38-45)53-19-9-12-22-61(53)68-62)44-28-23-40(24-29-44)43-25-32-52-50-18-8-11-21-56(50)66(60(52)37-43)57-34-26-41-13-3-5-15-47(41)63(57)69-64-48-16-6-4-14-42(48)27-35-58(64)66/h3-39H,1-2H3. The Hall–Kier alpha value is -8.66. The molecule has 324 valence electrons. The van der Waals surface area contributed by atoms with Gasteiger partial charge in [-0.2, -0.15) is 0 Å². The van der Waals surface area contributed by atoms with E-state index < -0.39 is 5.41 Å². The quantitative estimate of drug-likeness (QED) is 0.176. The van der Waals surface area contributed by atoms with Crippen molar-refractivity contribution in [3.05, 3.63) is 258 Å². The maximum atomic E-state index is 7.23. The Morgan fingerprint density at radius 3 is 1.59 bits per heavy atom. The molecule has 15 rings (SSSR count). The normalized spacial score (nSPS) is 14.3. The minimum Gasteiger partial charge on any atom is -0.456 e. The molecule has 69 heavy (non-hydrogen) atoms. The molecule has 3 heteroatoms. The third-order valence-electron chi connectivity index (χ3n) is 15.7. The van der Waals surface area contributed by atoms with Gasteiger partial charge in [0.15, 0.2) is 0 Å². The van der Waals surface area contributed by atoms with Gasteiger partial charge in [-0.25, -0.2) is 0 Å². The van der Waals surface area contributed by atoms with Gasteiger partial charge in [0.25, 0.3) is 0 Å². The number of fused-ring (bicyclic) bond motifs is 19. The first kappa shape index (κ1) is 38.4. The van der Waals surface area contributed by atoms with E-state index in [0.29, 0.717) is 0 Å². The molecule has 11 aromatic carbocycles. The summed E-state index contributed by atoms with van der Waals surface area (Å²) in [6, 6.07) is 82.5. The number of rotatable bonds is 4. The van der Waals surface area contributed by atoms with E-state index in [2.05, 4.69) is 237 Å². The molecular formula is C66H43NO2. The average molecular weight is 882 g/mol. The maximum Gasteiger partial charge on any atom is 0.140 e. The second-order valence-corrected chi connectivity index (χ2v) is 19.5. The van der Waals surface area contributed by atoms with Crippen LogP contribution in [0.15, 0.2) is 229 Å². The van der Waals surface area contributed by atoms with Gasteiger partial charge in [0, 0.05) is 55.1 Å². The Morgan fingerprint density at radius 1 is 0.333 bits per heavy atom. The van der Waals surface area contributed by atoms with E-state index in [4.69, 9.17) is 9.15 Å². The van der Waals surface area contributed by atoms with Crippen LogP contribution in [0, 0.1) is 0 Å². The molecule has 0 amide bonds. The lowest BCUT2D eigenvalue weighted by molar-refractivity contribution is 0.447. The number of nitrogens with zero attached hydrogens (tertiary/aromatic N) is 1. The molecule has 0 radical (unpaired) electrons. The average Bonchev–Trinajstić information content (AvgIpc) is 4.00. The number of hydrogen-bond donors (Lipinski definition) is 0. The van der Waals surface area contributed by atoms with E-state index in [-0.39, 0.29) is 5.41 Å². The molecule has 2 heterocycles. The number of ether oxygens (including phenoxy) is 1. The van der Waals surface area contributed by atoms with Crippen LogP contribution in [0.1, 0.15) is 47.2 Å². The lowest BCUT2D eigenvalue weighted by Gasteiger charge is -2.40. The number of benzene rings is 11. The van der Waals surface area contributed by atoms with E-state index in [1.54, 1.807) is 0 Å². The summed E-state index contributed by atoms with van der Waals surface area (Å²) in [4.78, 5) is 2.41. The minimum atomic E-state index is -0.618.